The number of likely N-dealkylation sites (tertiary alicyclic amines) is 1. The number of carbonyl (C=O) groups excluding carboxylic acids is 2. The summed E-state index contributed by atoms with van der Waals surface area (Å²) < 4.78 is 0. The van der Waals surface area contributed by atoms with Crippen molar-refractivity contribution in [3.05, 3.63) is 29.8 Å². The minimum atomic E-state index is -0.212. The third-order valence-corrected chi connectivity index (χ3v) is 5.02. The summed E-state index contributed by atoms with van der Waals surface area (Å²) in [6.07, 6.45) is 4.94. The molecule has 25 heavy (non-hydrogen) atoms. The number of carbonyl (C=O) groups is 2. The van der Waals surface area contributed by atoms with E-state index in [0.717, 1.165) is 56.4 Å². The van der Waals surface area contributed by atoms with Gasteiger partial charge in [0.2, 0.25) is 11.8 Å². The minimum absolute atomic E-state index is 0.0160. The first-order valence-electron chi connectivity index (χ1n) is 9.41. The summed E-state index contributed by atoms with van der Waals surface area (Å²) in [5.74, 6) is -0.183. The van der Waals surface area contributed by atoms with Gasteiger partial charge in [0, 0.05) is 24.7 Å². The molecule has 0 bridgehead atoms. The lowest BCUT2D eigenvalue weighted by atomic mass is 9.97. The van der Waals surface area contributed by atoms with Gasteiger partial charge in [-0.15, -0.1) is 0 Å². The van der Waals surface area contributed by atoms with E-state index in [1.807, 2.05) is 31.2 Å². The van der Waals surface area contributed by atoms with Gasteiger partial charge in [-0.3, -0.25) is 14.5 Å². The molecule has 1 aromatic carbocycles. The lowest BCUT2D eigenvalue weighted by molar-refractivity contribution is -0.123. The molecule has 2 unspecified atom stereocenters. The van der Waals surface area contributed by atoms with E-state index in [1.54, 1.807) is 0 Å². The third-order valence-electron chi connectivity index (χ3n) is 5.02. The highest BCUT2D eigenvalue weighted by molar-refractivity contribution is 5.93. The highest BCUT2D eigenvalue weighted by Crippen LogP contribution is 2.23. The molecule has 1 saturated heterocycles. The maximum absolute atomic E-state index is 12.4. The second kappa shape index (κ2) is 9.56. The van der Waals surface area contributed by atoms with Crippen molar-refractivity contribution in [1.82, 2.24) is 4.90 Å². The Kier molecular flexibility index (Phi) is 7.44. The number of hydrogen-bond donors (Lipinski definition) is 2. The molecule has 0 aliphatic carbocycles. The van der Waals surface area contributed by atoms with Gasteiger partial charge in [-0.25, -0.2) is 0 Å². The molecule has 1 heterocycles. The Labute approximate surface area is 151 Å². The van der Waals surface area contributed by atoms with Crippen LogP contribution in [0.4, 0.5) is 5.69 Å². The van der Waals surface area contributed by atoms with Gasteiger partial charge in [0.05, 0.1) is 5.92 Å². The van der Waals surface area contributed by atoms with Crippen LogP contribution in [0.5, 0.6) is 0 Å². The number of amides is 2. The summed E-state index contributed by atoms with van der Waals surface area (Å²) in [6.45, 7) is 6.50. The molecule has 0 aromatic heterocycles. The number of nitrogens with one attached hydrogen (secondary N) is 1. The first kappa shape index (κ1) is 19.4. The smallest absolute Gasteiger partial charge is 0.227 e. The van der Waals surface area contributed by atoms with E-state index in [2.05, 4.69) is 17.1 Å². The minimum Gasteiger partial charge on any atom is -0.369 e. The Hall–Kier alpha value is -1.88. The average Bonchev–Trinajstić information content (AvgIpc) is 2.61. The number of rotatable bonds is 8. The van der Waals surface area contributed by atoms with E-state index in [4.69, 9.17) is 5.73 Å². The number of benzene rings is 1. The highest BCUT2D eigenvalue weighted by Gasteiger charge is 2.24. The van der Waals surface area contributed by atoms with E-state index in [-0.39, 0.29) is 23.7 Å². The van der Waals surface area contributed by atoms with Crippen LogP contribution >= 0.6 is 0 Å². The molecular formula is C20H31N3O2. The number of piperidine rings is 1. The number of nitrogens with two attached hydrogens (primary N) is 1. The number of primary amides is 1. The van der Waals surface area contributed by atoms with Crippen molar-refractivity contribution in [3.8, 4) is 0 Å². The van der Waals surface area contributed by atoms with Crippen LogP contribution in [-0.4, -0.2) is 29.8 Å². The fraction of sp³-hybridized carbons (Fsp3) is 0.600. The van der Waals surface area contributed by atoms with Gasteiger partial charge in [0.25, 0.3) is 0 Å². The molecule has 3 N–H and O–H groups in total. The Bertz CT molecular complexity index is 588. The molecule has 5 heteroatoms. The van der Waals surface area contributed by atoms with E-state index < -0.39 is 0 Å². The van der Waals surface area contributed by atoms with Crippen LogP contribution in [0.1, 0.15) is 51.5 Å². The number of unbranched alkanes of at least 4 members (excludes halogenated alkanes) is 1. The largest absolute Gasteiger partial charge is 0.369 e. The number of para-hydroxylation sites is 1. The second-order valence-electron chi connectivity index (χ2n) is 7.17. The Morgan fingerprint density at radius 2 is 2.12 bits per heavy atom. The normalized spacial score (nSPS) is 19.4. The van der Waals surface area contributed by atoms with Gasteiger partial charge in [0.1, 0.15) is 0 Å². The Morgan fingerprint density at radius 3 is 2.84 bits per heavy atom. The fourth-order valence-electron chi connectivity index (χ4n) is 3.35. The molecule has 2 amide bonds. The molecule has 2 rings (SSSR count). The van der Waals surface area contributed by atoms with Gasteiger partial charge < -0.3 is 11.1 Å². The van der Waals surface area contributed by atoms with Gasteiger partial charge in [-0.05, 0) is 37.4 Å². The Morgan fingerprint density at radius 1 is 1.36 bits per heavy atom. The van der Waals surface area contributed by atoms with Crippen LogP contribution in [0, 0.1) is 11.8 Å². The summed E-state index contributed by atoms with van der Waals surface area (Å²) >= 11 is 0. The van der Waals surface area contributed by atoms with E-state index in [0.29, 0.717) is 6.54 Å². The zero-order valence-corrected chi connectivity index (χ0v) is 15.5. The first-order chi connectivity index (χ1) is 12.0. The van der Waals surface area contributed by atoms with Crippen LogP contribution in [0.2, 0.25) is 0 Å². The van der Waals surface area contributed by atoms with E-state index in [9.17, 15) is 9.59 Å². The maximum atomic E-state index is 12.4. The lowest BCUT2D eigenvalue weighted by Crippen LogP contribution is -2.40. The lowest BCUT2D eigenvalue weighted by Gasteiger charge is -2.31. The van der Waals surface area contributed by atoms with Crippen molar-refractivity contribution in [2.24, 2.45) is 17.6 Å². The zero-order chi connectivity index (χ0) is 18.2. The average molecular weight is 345 g/mol. The van der Waals surface area contributed by atoms with Crippen LogP contribution in [0.25, 0.3) is 0 Å². The van der Waals surface area contributed by atoms with Crippen LogP contribution < -0.4 is 11.1 Å². The van der Waals surface area contributed by atoms with Gasteiger partial charge in [0.15, 0.2) is 0 Å². The predicted octanol–water partition coefficient (Wildman–Crippen LogP) is 3.15. The quantitative estimate of drug-likeness (QED) is 0.760. The summed E-state index contributed by atoms with van der Waals surface area (Å²) in [5.41, 5.74) is 7.43. The Balaban J connectivity index is 2.00. The molecular weight excluding hydrogens is 314 g/mol. The van der Waals surface area contributed by atoms with Crippen molar-refractivity contribution in [3.63, 3.8) is 0 Å². The topological polar surface area (TPSA) is 75.4 Å². The molecule has 1 aliphatic rings. The molecule has 1 aromatic rings. The standard InChI is InChI=1S/C20H31N3O2/c1-3-4-8-15(2)20(25)22-18-11-6-5-9-16(18)13-23-12-7-10-17(14-23)19(21)24/h5-6,9,11,15,17H,3-4,7-8,10,12-14H2,1-2H3,(H2,21,24)(H,22,25). The molecule has 0 saturated carbocycles. The van der Waals surface area contributed by atoms with E-state index in [1.165, 1.54) is 0 Å². The number of hydrogen-bond acceptors (Lipinski definition) is 3. The fourth-order valence-corrected chi connectivity index (χ4v) is 3.35. The SMILES string of the molecule is CCCCC(C)C(=O)Nc1ccccc1CN1CCCC(C(N)=O)C1. The molecule has 5 nitrogen and oxygen atoms in total. The molecule has 138 valence electrons. The maximum Gasteiger partial charge on any atom is 0.227 e. The first-order valence-corrected chi connectivity index (χ1v) is 9.41. The van der Waals surface area contributed by atoms with Crippen molar-refractivity contribution >= 4 is 17.5 Å². The summed E-state index contributed by atoms with van der Waals surface area (Å²) in [7, 11) is 0. The van der Waals surface area contributed by atoms with Gasteiger partial charge in [-0.1, -0.05) is 44.9 Å². The van der Waals surface area contributed by atoms with Gasteiger partial charge in [-0.2, -0.15) is 0 Å². The predicted molar refractivity (Wildman–Crippen MR) is 101 cm³/mol. The molecule has 1 aliphatic heterocycles. The molecule has 0 radical (unpaired) electrons. The molecule has 0 spiro atoms. The summed E-state index contributed by atoms with van der Waals surface area (Å²) in [6, 6.07) is 7.93. The zero-order valence-electron chi connectivity index (χ0n) is 15.5. The molecule has 1 fully saturated rings. The summed E-state index contributed by atoms with van der Waals surface area (Å²) in [5, 5.41) is 3.09. The number of anilines is 1. The van der Waals surface area contributed by atoms with Crippen molar-refractivity contribution in [1.29, 1.82) is 0 Å². The number of nitrogens with zero attached hydrogens (tertiary/aromatic N) is 1. The van der Waals surface area contributed by atoms with Crippen molar-refractivity contribution in [2.45, 2.75) is 52.5 Å². The van der Waals surface area contributed by atoms with Crippen LogP contribution in [-0.2, 0) is 16.1 Å². The second-order valence-corrected chi connectivity index (χ2v) is 7.17. The monoisotopic (exact) mass is 345 g/mol. The van der Waals surface area contributed by atoms with Crippen molar-refractivity contribution < 1.29 is 9.59 Å². The van der Waals surface area contributed by atoms with Gasteiger partial charge >= 0.3 is 0 Å². The molecule has 2 atom stereocenters. The highest BCUT2D eigenvalue weighted by atomic mass is 16.2. The third kappa shape index (κ3) is 5.85. The van der Waals surface area contributed by atoms with E-state index >= 15 is 0 Å². The van der Waals surface area contributed by atoms with Crippen LogP contribution in [0.3, 0.4) is 0 Å². The van der Waals surface area contributed by atoms with Crippen LogP contribution in [0.15, 0.2) is 24.3 Å². The van der Waals surface area contributed by atoms with Crippen molar-refractivity contribution in [2.75, 3.05) is 18.4 Å². The summed E-state index contributed by atoms with van der Waals surface area (Å²) in [4.78, 5) is 26.1.